The van der Waals surface area contributed by atoms with E-state index in [4.69, 9.17) is 0 Å². The van der Waals surface area contributed by atoms with Gasteiger partial charge >= 0.3 is 0 Å². The van der Waals surface area contributed by atoms with Gasteiger partial charge in [0.25, 0.3) is 0 Å². The first kappa shape index (κ1) is 12.1. The second-order valence-corrected chi connectivity index (χ2v) is 5.58. The highest BCUT2D eigenvalue weighted by molar-refractivity contribution is 5.02. The molecule has 1 saturated heterocycles. The number of hydrogen-bond donors (Lipinski definition) is 1. The van der Waals surface area contributed by atoms with Crippen molar-refractivity contribution in [1.82, 2.24) is 20.2 Å². The van der Waals surface area contributed by atoms with Crippen LogP contribution in [0.2, 0.25) is 0 Å². The van der Waals surface area contributed by atoms with E-state index in [0.717, 1.165) is 24.0 Å². The fourth-order valence-corrected chi connectivity index (χ4v) is 2.80. The lowest BCUT2D eigenvalue weighted by atomic mass is 10.2. The Bertz CT molecular complexity index is 403. The summed E-state index contributed by atoms with van der Waals surface area (Å²) < 4.78 is 0. The van der Waals surface area contributed by atoms with E-state index in [1.807, 2.05) is 19.2 Å². The van der Waals surface area contributed by atoms with Gasteiger partial charge in [0, 0.05) is 25.3 Å². The maximum Gasteiger partial charge on any atom is 0.125 e. The first-order chi connectivity index (χ1) is 8.81. The van der Waals surface area contributed by atoms with Crippen molar-refractivity contribution in [3.8, 4) is 0 Å². The van der Waals surface area contributed by atoms with Crippen LogP contribution in [-0.2, 0) is 6.54 Å². The maximum absolute atomic E-state index is 4.51. The molecule has 2 heterocycles. The van der Waals surface area contributed by atoms with Crippen LogP contribution in [0, 0.1) is 12.8 Å². The fraction of sp³-hybridized carbons (Fsp3) is 0.714. The molecule has 4 heteroatoms. The molecule has 1 unspecified atom stereocenters. The van der Waals surface area contributed by atoms with Gasteiger partial charge in [0.2, 0.25) is 0 Å². The number of nitrogens with zero attached hydrogens (tertiary/aromatic N) is 3. The van der Waals surface area contributed by atoms with E-state index in [1.54, 1.807) is 0 Å². The molecule has 0 spiro atoms. The molecular weight excluding hydrogens is 224 g/mol. The van der Waals surface area contributed by atoms with Crippen LogP contribution >= 0.6 is 0 Å². The number of rotatable bonds is 3. The predicted molar refractivity (Wildman–Crippen MR) is 71.2 cm³/mol. The molecule has 3 rings (SSSR count). The van der Waals surface area contributed by atoms with Crippen LogP contribution in [0.15, 0.2) is 12.3 Å². The van der Waals surface area contributed by atoms with E-state index in [1.165, 1.54) is 38.9 Å². The Balaban J connectivity index is 1.63. The molecule has 0 radical (unpaired) electrons. The second kappa shape index (κ2) is 5.33. The van der Waals surface area contributed by atoms with Gasteiger partial charge < -0.3 is 5.32 Å². The molecule has 18 heavy (non-hydrogen) atoms. The first-order valence-corrected chi connectivity index (χ1v) is 7.05. The Hall–Kier alpha value is -1.00. The lowest BCUT2D eigenvalue weighted by molar-refractivity contribution is 0.248. The zero-order valence-corrected chi connectivity index (χ0v) is 11.1. The van der Waals surface area contributed by atoms with Crippen molar-refractivity contribution in [2.24, 2.45) is 5.92 Å². The van der Waals surface area contributed by atoms with Crippen LogP contribution in [0.25, 0.3) is 0 Å². The van der Waals surface area contributed by atoms with Gasteiger partial charge in [-0.05, 0) is 51.3 Å². The number of aryl methyl sites for hydroxylation is 1. The molecule has 1 aliphatic heterocycles. The van der Waals surface area contributed by atoms with Crippen molar-refractivity contribution in [1.29, 1.82) is 0 Å². The molecular formula is C14H22N4. The summed E-state index contributed by atoms with van der Waals surface area (Å²) in [5.74, 6) is 1.80. The monoisotopic (exact) mass is 246 g/mol. The van der Waals surface area contributed by atoms with Gasteiger partial charge in [-0.25, -0.2) is 9.97 Å². The highest BCUT2D eigenvalue weighted by atomic mass is 15.2. The van der Waals surface area contributed by atoms with Crippen molar-refractivity contribution in [3.05, 3.63) is 23.8 Å². The Morgan fingerprint density at radius 1 is 1.44 bits per heavy atom. The van der Waals surface area contributed by atoms with Crippen LogP contribution in [0.3, 0.4) is 0 Å². The molecule has 0 amide bonds. The van der Waals surface area contributed by atoms with Gasteiger partial charge in [0.15, 0.2) is 0 Å². The molecule has 0 bridgehead atoms. The lowest BCUT2D eigenvalue weighted by Gasteiger charge is -2.24. The molecule has 4 nitrogen and oxygen atoms in total. The molecule has 1 N–H and O–H groups in total. The van der Waals surface area contributed by atoms with E-state index in [0.29, 0.717) is 6.04 Å². The lowest BCUT2D eigenvalue weighted by Crippen LogP contribution is -2.39. The van der Waals surface area contributed by atoms with Crippen LogP contribution < -0.4 is 5.32 Å². The van der Waals surface area contributed by atoms with Crippen molar-refractivity contribution in [3.63, 3.8) is 0 Å². The molecule has 2 fully saturated rings. The average Bonchev–Trinajstić information content (AvgIpc) is 3.15. The number of nitrogens with one attached hydrogen (secondary N) is 1. The van der Waals surface area contributed by atoms with Crippen molar-refractivity contribution >= 4 is 0 Å². The van der Waals surface area contributed by atoms with Crippen LogP contribution in [0.4, 0.5) is 0 Å². The second-order valence-electron chi connectivity index (χ2n) is 5.58. The van der Waals surface area contributed by atoms with Gasteiger partial charge in [-0.1, -0.05) is 0 Å². The summed E-state index contributed by atoms with van der Waals surface area (Å²) in [4.78, 5) is 11.2. The van der Waals surface area contributed by atoms with Crippen molar-refractivity contribution in [2.75, 3.05) is 19.6 Å². The Labute approximate surface area is 109 Å². The third kappa shape index (κ3) is 3.06. The molecule has 1 aliphatic carbocycles. The quantitative estimate of drug-likeness (QED) is 0.874. The zero-order chi connectivity index (χ0) is 12.4. The highest BCUT2D eigenvalue weighted by Gasteiger charge is 2.33. The molecule has 1 aromatic rings. The number of hydrogen-bond acceptors (Lipinski definition) is 4. The summed E-state index contributed by atoms with van der Waals surface area (Å²) in [6.07, 6.45) is 5.94. The molecule has 2 aliphatic rings. The molecule has 98 valence electrons. The third-order valence-electron chi connectivity index (χ3n) is 3.92. The highest BCUT2D eigenvalue weighted by Crippen LogP contribution is 2.33. The summed E-state index contributed by atoms with van der Waals surface area (Å²) in [6, 6.07) is 2.74. The molecule has 1 atom stereocenters. The standard InChI is InChI=1S/C14H22N4/c1-11-15-7-5-13(17-11)9-18-8-2-6-16-14(10-18)12-3-4-12/h5,7,12,14,16H,2-4,6,8-10H2,1H3. The fourth-order valence-electron chi connectivity index (χ4n) is 2.80. The summed E-state index contributed by atoms with van der Waals surface area (Å²) in [7, 11) is 0. The Morgan fingerprint density at radius 3 is 3.11 bits per heavy atom. The van der Waals surface area contributed by atoms with E-state index in [-0.39, 0.29) is 0 Å². The zero-order valence-electron chi connectivity index (χ0n) is 11.1. The number of aromatic nitrogens is 2. The largest absolute Gasteiger partial charge is 0.312 e. The van der Waals surface area contributed by atoms with Gasteiger partial charge in [0.1, 0.15) is 5.82 Å². The summed E-state index contributed by atoms with van der Waals surface area (Å²) in [6.45, 7) is 6.45. The van der Waals surface area contributed by atoms with Crippen molar-refractivity contribution < 1.29 is 0 Å². The van der Waals surface area contributed by atoms with E-state index in [2.05, 4.69) is 20.2 Å². The summed E-state index contributed by atoms with van der Waals surface area (Å²) in [5, 5.41) is 3.70. The van der Waals surface area contributed by atoms with Crippen LogP contribution in [0.1, 0.15) is 30.8 Å². The summed E-state index contributed by atoms with van der Waals surface area (Å²) >= 11 is 0. The van der Waals surface area contributed by atoms with Gasteiger partial charge in [-0.15, -0.1) is 0 Å². The molecule has 1 aromatic heterocycles. The smallest absolute Gasteiger partial charge is 0.125 e. The SMILES string of the molecule is Cc1nccc(CN2CCCNC(C3CC3)C2)n1. The minimum Gasteiger partial charge on any atom is -0.312 e. The van der Waals surface area contributed by atoms with Crippen LogP contribution in [0.5, 0.6) is 0 Å². The molecule has 1 saturated carbocycles. The third-order valence-corrected chi connectivity index (χ3v) is 3.92. The minimum atomic E-state index is 0.704. The predicted octanol–water partition coefficient (Wildman–Crippen LogP) is 1.36. The Kier molecular flexibility index (Phi) is 3.57. The summed E-state index contributed by atoms with van der Waals surface area (Å²) in [5.41, 5.74) is 1.15. The first-order valence-electron chi connectivity index (χ1n) is 7.05. The van der Waals surface area contributed by atoms with Gasteiger partial charge in [-0.3, -0.25) is 4.90 Å². The van der Waals surface area contributed by atoms with Crippen LogP contribution in [-0.4, -0.2) is 40.5 Å². The van der Waals surface area contributed by atoms with E-state index in [9.17, 15) is 0 Å². The maximum atomic E-state index is 4.51. The van der Waals surface area contributed by atoms with Gasteiger partial charge in [0.05, 0.1) is 5.69 Å². The molecule has 0 aromatic carbocycles. The van der Waals surface area contributed by atoms with E-state index < -0.39 is 0 Å². The van der Waals surface area contributed by atoms with E-state index >= 15 is 0 Å². The minimum absolute atomic E-state index is 0.704. The van der Waals surface area contributed by atoms with Gasteiger partial charge in [-0.2, -0.15) is 0 Å². The Morgan fingerprint density at radius 2 is 2.33 bits per heavy atom. The normalized spacial score (nSPS) is 25.9. The average molecular weight is 246 g/mol. The topological polar surface area (TPSA) is 41.1 Å². The van der Waals surface area contributed by atoms with Crippen molar-refractivity contribution in [2.45, 2.75) is 38.8 Å².